The van der Waals surface area contributed by atoms with Crippen LogP contribution in [0, 0.1) is 0 Å². The zero-order valence-corrected chi connectivity index (χ0v) is 13.8. The van der Waals surface area contributed by atoms with E-state index in [9.17, 15) is 9.90 Å². The fourth-order valence-corrected chi connectivity index (χ4v) is 3.56. The van der Waals surface area contributed by atoms with Gasteiger partial charge in [0.2, 0.25) is 0 Å². The molecule has 1 unspecified atom stereocenters. The first kappa shape index (κ1) is 16.5. The summed E-state index contributed by atoms with van der Waals surface area (Å²) in [6.07, 6.45) is 0. The quantitative estimate of drug-likeness (QED) is 0.825. The van der Waals surface area contributed by atoms with Gasteiger partial charge in [-0.1, -0.05) is 72.5 Å². The van der Waals surface area contributed by atoms with Crippen molar-refractivity contribution in [2.24, 2.45) is 0 Å². The van der Waals surface area contributed by atoms with Gasteiger partial charge in [-0.05, 0) is 24.6 Å². The monoisotopic (exact) mass is 331 g/mol. The van der Waals surface area contributed by atoms with Gasteiger partial charge in [-0.2, -0.15) is 0 Å². The van der Waals surface area contributed by atoms with E-state index in [0.717, 1.165) is 11.3 Å². The van der Waals surface area contributed by atoms with Gasteiger partial charge in [0, 0.05) is 12.2 Å². The standard InChI is InChI=1S/C17H17NO2S2/c1-2-18(14-11-7-4-8-12-14)17(21)22-15(16(19)20)13-9-5-3-6-10-13/h3-12,15H,2H2,1H3,(H,19,20). The number of thioether (sulfide) groups is 1. The minimum absolute atomic E-state index is 0.560. The van der Waals surface area contributed by atoms with Crippen LogP contribution in [-0.2, 0) is 4.79 Å². The number of para-hydroxylation sites is 1. The summed E-state index contributed by atoms with van der Waals surface area (Å²) < 4.78 is 0.560. The molecule has 2 aromatic carbocycles. The molecule has 0 aliphatic carbocycles. The molecule has 0 saturated heterocycles. The number of hydrogen-bond donors (Lipinski definition) is 1. The SMILES string of the molecule is CCN(C(=S)SC(C(=O)O)c1ccccc1)c1ccccc1. The van der Waals surface area contributed by atoms with Crippen LogP contribution in [0.3, 0.4) is 0 Å². The molecule has 0 spiro atoms. The third-order valence-electron chi connectivity index (χ3n) is 3.15. The molecule has 0 amide bonds. The Bertz CT molecular complexity index is 632. The molecule has 0 heterocycles. The molecule has 5 heteroatoms. The van der Waals surface area contributed by atoms with Gasteiger partial charge < -0.3 is 10.0 Å². The average Bonchev–Trinajstić information content (AvgIpc) is 2.55. The summed E-state index contributed by atoms with van der Waals surface area (Å²) in [5, 5.41) is 8.80. The molecule has 0 bridgehead atoms. The number of aliphatic carboxylic acids is 1. The summed E-state index contributed by atoms with van der Waals surface area (Å²) in [5.41, 5.74) is 1.71. The molecule has 2 rings (SSSR count). The summed E-state index contributed by atoms with van der Waals surface area (Å²) >= 11 is 6.67. The van der Waals surface area contributed by atoms with Crippen LogP contribution in [-0.4, -0.2) is 21.9 Å². The highest BCUT2D eigenvalue weighted by molar-refractivity contribution is 8.23. The van der Waals surface area contributed by atoms with Crippen LogP contribution in [0.4, 0.5) is 5.69 Å². The van der Waals surface area contributed by atoms with E-state index in [2.05, 4.69) is 0 Å². The predicted octanol–water partition coefficient (Wildman–Crippen LogP) is 4.36. The van der Waals surface area contributed by atoms with E-state index in [4.69, 9.17) is 12.2 Å². The summed E-state index contributed by atoms with van der Waals surface area (Å²) in [6, 6.07) is 18.9. The normalized spacial score (nSPS) is 11.7. The molecular formula is C17H17NO2S2. The average molecular weight is 331 g/mol. The number of nitrogens with zero attached hydrogens (tertiary/aromatic N) is 1. The Morgan fingerprint density at radius 3 is 2.18 bits per heavy atom. The van der Waals surface area contributed by atoms with Gasteiger partial charge in [-0.15, -0.1) is 0 Å². The topological polar surface area (TPSA) is 40.5 Å². The van der Waals surface area contributed by atoms with Crippen molar-refractivity contribution in [2.45, 2.75) is 12.2 Å². The molecule has 3 nitrogen and oxygen atoms in total. The molecule has 2 aromatic rings. The zero-order chi connectivity index (χ0) is 15.9. The Morgan fingerprint density at radius 1 is 1.14 bits per heavy atom. The van der Waals surface area contributed by atoms with Gasteiger partial charge in [-0.3, -0.25) is 4.79 Å². The summed E-state index contributed by atoms with van der Waals surface area (Å²) in [5.74, 6) is -0.886. The molecule has 1 atom stereocenters. The zero-order valence-electron chi connectivity index (χ0n) is 12.2. The molecule has 22 heavy (non-hydrogen) atoms. The first-order chi connectivity index (χ1) is 10.6. The number of rotatable bonds is 5. The van der Waals surface area contributed by atoms with Gasteiger partial charge in [0.25, 0.3) is 0 Å². The Hall–Kier alpha value is -1.85. The second-order valence-electron chi connectivity index (χ2n) is 4.59. The van der Waals surface area contributed by atoms with Crippen molar-refractivity contribution in [3.63, 3.8) is 0 Å². The predicted molar refractivity (Wildman–Crippen MR) is 96.5 cm³/mol. The Balaban J connectivity index is 2.19. The number of benzene rings is 2. The van der Waals surface area contributed by atoms with Crippen LogP contribution in [0.1, 0.15) is 17.7 Å². The van der Waals surface area contributed by atoms with Crippen molar-refractivity contribution in [2.75, 3.05) is 11.4 Å². The molecule has 0 fully saturated rings. The second-order valence-corrected chi connectivity index (χ2v) is 6.33. The largest absolute Gasteiger partial charge is 0.480 e. The highest BCUT2D eigenvalue weighted by Crippen LogP contribution is 2.32. The lowest BCUT2D eigenvalue weighted by molar-refractivity contribution is -0.136. The third-order valence-corrected chi connectivity index (χ3v) is 4.79. The van der Waals surface area contributed by atoms with E-state index >= 15 is 0 Å². The third kappa shape index (κ3) is 4.08. The number of carboxylic acids is 1. The molecule has 114 valence electrons. The number of thiocarbonyl (C=S) groups is 1. The van der Waals surface area contributed by atoms with Crippen LogP contribution in [0.25, 0.3) is 0 Å². The van der Waals surface area contributed by atoms with Crippen LogP contribution in [0.15, 0.2) is 60.7 Å². The van der Waals surface area contributed by atoms with Crippen molar-refractivity contribution >= 4 is 40.0 Å². The smallest absolute Gasteiger partial charge is 0.321 e. The molecule has 0 saturated carbocycles. The summed E-state index contributed by atoms with van der Waals surface area (Å²) in [6.45, 7) is 2.69. The van der Waals surface area contributed by atoms with Crippen LogP contribution in [0.2, 0.25) is 0 Å². The van der Waals surface area contributed by atoms with E-state index in [-0.39, 0.29) is 0 Å². The maximum absolute atomic E-state index is 11.6. The molecule has 0 aromatic heterocycles. The van der Waals surface area contributed by atoms with Gasteiger partial charge in [0.05, 0.1) is 0 Å². The molecule has 0 radical (unpaired) electrons. The number of anilines is 1. The van der Waals surface area contributed by atoms with Crippen molar-refractivity contribution < 1.29 is 9.90 Å². The maximum Gasteiger partial charge on any atom is 0.321 e. The van der Waals surface area contributed by atoms with Gasteiger partial charge >= 0.3 is 5.97 Å². The molecular weight excluding hydrogens is 314 g/mol. The summed E-state index contributed by atoms with van der Waals surface area (Å²) in [4.78, 5) is 13.5. The fraction of sp³-hybridized carbons (Fsp3) is 0.176. The Labute approximate surface area is 140 Å². The highest BCUT2D eigenvalue weighted by Gasteiger charge is 2.24. The number of carboxylic acid groups (broad SMARTS) is 1. The van der Waals surface area contributed by atoms with E-state index in [0.29, 0.717) is 10.9 Å². The van der Waals surface area contributed by atoms with Gasteiger partial charge in [-0.25, -0.2) is 0 Å². The van der Waals surface area contributed by atoms with Gasteiger partial charge in [0.1, 0.15) is 9.57 Å². The first-order valence-corrected chi connectivity index (χ1v) is 8.23. The van der Waals surface area contributed by atoms with Crippen molar-refractivity contribution in [1.29, 1.82) is 0 Å². The highest BCUT2D eigenvalue weighted by atomic mass is 32.2. The van der Waals surface area contributed by atoms with Crippen LogP contribution in [0.5, 0.6) is 0 Å². The number of carbonyl (C=O) groups is 1. The van der Waals surface area contributed by atoms with Crippen LogP contribution < -0.4 is 4.90 Å². The number of hydrogen-bond acceptors (Lipinski definition) is 3. The first-order valence-electron chi connectivity index (χ1n) is 6.94. The summed E-state index contributed by atoms with van der Waals surface area (Å²) in [7, 11) is 0. The fourth-order valence-electron chi connectivity index (χ4n) is 2.08. The molecule has 0 aliphatic rings. The molecule has 1 N–H and O–H groups in total. The van der Waals surface area contributed by atoms with Crippen molar-refractivity contribution in [3.05, 3.63) is 66.2 Å². The Morgan fingerprint density at radius 2 is 1.68 bits per heavy atom. The van der Waals surface area contributed by atoms with E-state index in [1.54, 1.807) is 0 Å². The van der Waals surface area contributed by atoms with Crippen molar-refractivity contribution in [3.8, 4) is 0 Å². The minimum atomic E-state index is -0.886. The van der Waals surface area contributed by atoms with E-state index < -0.39 is 11.2 Å². The lowest BCUT2D eigenvalue weighted by atomic mass is 10.1. The second kappa shape index (κ2) is 7.96. The van der Waals surface area contributed by atoms with Crippen molar-refractivity contribution in [1.82, 2.24) is 0 Å². The van der Waals surface area contributed by atoms with Gasteiger partial charge in [0.15, 0.2) is 0 Å². The lowest BCUT2D eigenvalue weighted by Crippen LogP contribution is -2.28. The lowest BCUT2D eigenvalue weighted by Gasteiger charge is -2.25. The van der Waals surface area contributed by atoms with E-state index in [1.807, 2.05) is 72.5 Å². The van der Waals surface area contributed by atoms with Crippen LogP contribution >= 0.6 is 24.0 Å². The van der Waals surface area contributed by atoms with E-state index in [1.165, 1.54) is 11.8 Å². The maximum atomic E-state index is 11.6. The minimum Gasteiger partial charge on any atom is -0.480 e. The molecule has 0 aliphatic heterocycles. The Kier molecular flexibility index (Phi) is 5.98.